The fourth-order valence-corrected chi connectivity index (χ4v) is 3.68. The van der Waals surface area contributed by atoms with Crippen LogP contribution >= 0.6 is 23.2 Å². The van der Waals surface area contributed by atoms with Crippen LogP contribution in [0.3, 0.4) is 0 Å². The molecule has 0 radical (unpaired) electrons. The van der Waals surface area contributed by atoms with Crippen molar-refractivity contribution in [3.05, 3.63) is 69.7 Å². The predicted molar refractivity (Wildman–Crippen MR) is 132 cm³/mol. The van der Waals surface area contributed by atoms with E-state index in [1.54, 1.807) is 6.07 Å². The molecule has 0 spiro atoms. The number of hydrogen-bond donors (Lipinski definition) is 3. The van der Waals surface area contributed by atoms with E-state index in [0.29, 0.717) is 40.4 Å². The Morgan fingerprint density at radius 1 is 1.12 bits per heavy atom. The molecule has 0 aliphatic carbocycles. The summed E-state index contributed by atoms with van der Waals surface area (Å²) >= 11 is 12.2. The Morgan fingerprint density at radius 3 is 2.59 bits per heavy atom. The first-order valence-corrected chi connectivity index (χ1v) is 10.8. The fraction of sp³-hybridized carbons (Fsp3) is 0.261. The first kappa shape index (κ1) is 23.6. The molecule has 7 nitrogen and oxygen atoms in total. The van der Waals surface area contributed by atoms with Crippen molar-refractivity contribution in [1.29, 1.82) is 0 Å². The molecular formula is C23H26Cl2N6O. The van der Waals surface area contributed by atoms with Crippen LogP contribution in [0.25, 0.3) is 11.3 Å². The Labute approximate surface area is 197 Å². The molecule has 1 heterocycles. The third kappa shape index (κ3) is 5.41. The Morgan fingerprint density at radius 2 is 1.91 bits per heavy atom. The van der Waals surface area contributed by atoms with Crippen molar-refractivity contribution in [3.8, 4) is 17.3 Å². The van der Waals surface area contributed by atoms with Gasteiger partial charge in [-0.25, -0.2) is 0 Å². The van der Waals surface area contributed by atoms with Gasteiger partial charge in [0.15, 0.2) is 0 Å². The summed E-state index contributed by atoms with van der Waals surface area (Å²) in [5.74, 6) is 6.40. The maximum atomic E-state index is 6.27. The molecule has 0 aliphatic heterocycles. The number of benzene rings is 2. The van der Waals surface area contributed by atoms with Gasteiger partial charge in [-0.15, -0.1) is 0 Å². The van der Waals surface area contributed by atoms with Gasteiger partial charge in [0, 0.05) is 33.6 Å². The third-order valence-electron chi connectivity index (χ3n) is 5.26. The smallest absolute Gasteiger partial charge is 0.318 e. The van der Waals surface area contributed by atoms with Crippen LogP contribution < -0.4 is 21.6 Å². The number of nitrogens with two attached hydrogens (primary N) is 2. The molecule has 0 fully saturated rings. The van der Waals surface area contributed by atoms with Gasteiger partial charge in [-0.2, -0.15) is 15.1 Å². The van der Waals surface area contributed by atoms with Crippen molar-refractivity contribution >= 4 is 34.9 Å². The molecule has 3 rings (SSSR count). The molecule has 0 amide bonds. The molecule has 9 heteroatoms. The number of amidine groups is 1. The molecular weight excluding hydrogens is 447 g/mol. The third-order valence-corrected chi connectivity index (χ3v) is 5.85. The summed E-state index contributed by atoms with van der Waals surface area (Å²) in [5, 5.41) is 8.24. The van der Waals surface area contributed by atoms with Crippen LogP contribution in [0.15, 0.2) is 53.6 Å². The Balaban J connectivity index is 1.84. The number of hydrogen-bond acceptors (Lipinski definition) is 6. The minimum Gasteiger partial charge on any atom is -0.467 e. The van der Waals surface area contributed by atoms with Gasteiger partial charge in [0.1, 0.15) is 11.7 Å². The van der Waals surface area contributed by atoms with Gasteiger partial charge in [0.25, 0.3) is 0 Å². The minimum absolute atomic E-state index is 0.266. The number of nitrogens with one attached hydrogen (secondary N) is 1. The number of ether oxygens (including phenoxy) is 1. The standard InChI is InChI=1S/C23H26Cl2N6O/c1-23(2,21(26)31-27)16-6-4-5-15(11-16)19-13-20(30-22(29-19)32-3)28-10-9-14-7-8-17(24)12-18(14)25/h4-8,11-13H,9-10,27H2,1-3H3,(H2,26,31)(H,28,29,30). The quantitative estimate of drug-likeness (QED) is 0.191. The summed E-state index contributed by atoms with van der Waals surface area (Å²) in [6, 6.07) is 15.5. The molecule has 0 bridgehead atoms. The average molecular weight is 473 g/mol. The zero-order valence-electron chi connectivity index (χ0n) is 18.2. The predicted octanol–water partition coefficient (Wildman–Crippen LogP) is 4.62. The molecule has 168 valence electrons. The van der Waals surface area contributed by atoms with E-state index in [4.69, 9.17) is 39.5 Å². The average Bonchev–Trinajstić information content (AvgIpc) is 2.79. The largest absolute Gasteiger partial charge is 0.467 e. The summed E-state index contributed by atoms with van der Waals surface area (Å²) in [7, 11) is 1.54. The lowest BCUT2D eigenvalue weighted by molar-refractivity contribution is 0.381. The van der Waals surface area contributed by atoms with Gasteiger partial charge in [-0.1, -0.05) is 47.5 Å². The lowest BCUT2D eigenvalue weighted by Gasteiger charge is -2.24. The summed E-state index contributed by atoms with van der Waals surface area (Å²) in [6.45, 7) is 4.55. The van der Waals surface area contributed by atoms with E-state index in [2.05, 4.69) is 20.4 Å². The molecule has 2 aromatic carbocycles. The van der Waals surface area contributed by atoms with E-state index in [1.807, 2.05) is 56.3 Å². The monoisotopic (exact) mass is 472 g/mol. The van der Waals surface area contributed by atoms with E-state index in [-0.39, 0.29) is 6.01 Å². The van der Waals surface area contributed by atoms with E-state index in [0.717, 1.165) is 16.7 Å². The van der Waals surface area contributed by atoms with Crippen LogP contribution in [0, 0.1) is 0 Å². The van der Waals surface area contributed by atoms with Gasteiger partial charge < -0.3 is 21.6 Å². The van der Waals surface area contributed by atoms with Gasteiger partial charge in [-0.05, 0) is 49.6 Å². The number of nitrogens with zero attached hydrogens (tertiary/aromatic N) is 3. The lowest BCUT2D eigenvalue weighted by Crippen LogP contribution is -2.36. The summed E-state index contributed by atoms with van der Waals surface area (Å²) in [4.78, 5) is 8.91. The Bertz CT molecular complexity index is 1130. The molecule has 0 aliphatic rings. The van der Waals surface area contributed by atoms with Crippen LogP contribution in [0.1, 0.15) is 25.0 Å². The highest BCUT2D eigenvalue weighted by atomic mass is 35.5. The molecule has 1 aromatic heterocycles. The zero-order valence-corrected chi connectivity index (χ0v) is 19.7. The fourth-order valence-electron chi connectivity index (χ4n) is 3.18. The van der Waals surface area contributed by atoms with Crippen molar-refractivity contribution in [2.75, 3.05) is 19.0 Å². The van der Waals surface area contributed by atoms with Crippen molar-refractivity contribution in [2.45, 2.75) is 25.7 Å². The molecule has 3 aromatic rings. The summed E-state index contributed by atoms with van der Waals surface area (Å²) in [6.07, 6.45) is 0.707. The molecule has 5 N–H and O–H groups in total. The van der Waals surface area contributed by atoms with E-state index < -0.39 is 5.41 Å². The van der Waals surface area contributed by atoms with E-state index in [1.165, 1.54) is 7.11 Å². The second kappa shape index (κ2) is 10.1. The van der Waals surface area contributed by atoms with Crippen LogP contribution in [-0.4, -0.2) is 29.5 Å². The van der Waals surface area contributed by atoms with Gasteiger partial charge in [0.2, 0.25) is 0 Å². The maximum Gasteiger partial charge on any atom is 0.318 e. The van der Waals surface area contributed by atoms with Crippen LogP contribution in [-0.2, 0) is 11.8 Å². The van der Waals surface area contributed by atoms with Crippen LogP contribution in [0.4, 0.5) is 5.82 Å². The normalized spacial score (nSPS) is 12.0. The van der Waals surface area contributed by atoms with Crippen molar-refractivity contribution < 1.29 is 4.74 Å². The molecule has 0 saturated carbocycles. The first-order valence-electron chi connectivity index (χ1n) is 10.00. The number of methoxy groups -OCH3 is 1. The topological polar surface area (TPSA) is 111 Å². The van der Waals surface area contributed by atoms with Crippen molar-refractivity contribution in [1.82, 2.24) is 9.97 Å². The first-order chi connectivity index (χ1) is 15.2. The highest BCUT2D eigenvalue weighted by Crippen LogP contribution is 2.29. The highest BCUT2D eigenvalue weighted by molar-refractivity contribution is 6.35. The van der Waals surface area contributed by atoms with Gasteiger partial charge in [-0.3, -0.25) is 0 Å². The summed E-state index contributed by atoms with van der Waals surface area (Å²) in [5.41, 5.74) is 9.06. The lowest BCUT2D eigenvalue weighted by atomic mass is 9.82. The number of hydrazone groups is 1. The van der Waals surface area contributed by atoms with Gasteiger partial charge >= 0.3 is 6.01 Å². The molecule has 0 atom stereocenters. The molecule has 32 heavy (non-hydrogen) atoms. The van der Waals surface area contributed by atoms with Crippen molar-refractivity contribution in [2.24, 2.45) is 16.7 Å². The SMILES string of the molecule is COc1nc(NCCc2ccc(Cl)cc2Cl)cc(-c2cccc(C(C)(C)/C(N)=N/N)c2)n1. The van der Waals surface area contributed by atoms with E-state index >= 15 is 0 Å². The number of rotatable bonds is 8. The Kier molecular flexibility index (Phi) is 7.43. The van der Waals surface area contributed by atoms with Gasteiger partial charge in [0.05, 0.1) is 12.8 Å². The second-order valence-electron chi connectivity index (χ2n) is 7.76. The molecule has 0 unspecified atom stereocenters. The van der Waals surface area contributed by atoms with Crippen LogP contribution in [0.2, 0.25) is 10.0 Å². The Hall–Kier alpha value is -3.03. The van der Waals surface area contributed by atoms with Crippen LogP contribution in [0.5, 0.6) is 6.01 Å². The van der Waals surface area contributed by atoms with E-state index in [9.17, 15) is 0 Å². The minimum atomic E-state index is -0.527. The second-order valence-corrected chi connectivity index (χ2v) is 8.60. The zero-order chi connectivity index (χ0) is 23.3. The van der Waals surface area contributed by atoms with Crippen molar-refractivity contribution in [3.63, 3.8) is 0 Å². The number of halogens is 2. The summed E-state index contributed by atoms with van der Waals surface area (Å²) < 4.78 is 5.31. The highest BCUT2D eigenvalue weighted by Gasteiger charge is 2.26. The number of aromatic nitrogens is 2. The number of anilines is 1. The molecule has 0 saturated heterocycles. The maximum absolute atomic E-state index is 6.27.